The monoisotopic (exact) mass is 322 g/mol. The minimum Gasteiger partial charge on any atom is -0.474 e. The first-order valence-electron chi connectivity index (χ1n) is 8.03. The van der Waals surface area contributed by atoms with Gasteiger partial charge in [0, 0.05) is 26.3 Å². The van der Waals surface area contributed by atoms with Crippen LogP contribution in [-0.4, -0.2) is 53.0 Å². The Kier molecular flexibility index (Phi) is 5.76. The lowest BCUT2D eigenvalue weighted by atomic mass is 9.97. The number of ether oxygens (including phenoxy) is 2. The van der Waals surface area contributed by atoms with Crippen LogP contribution in [0.2, 0.25) is 0 Å². The number of likely N-dealkylation sites (tertiary alicyclic amines) is 1. The number of nitrogens with one attached hydrogen (secondary N) is 1. The molecule has 23 heavy (non-hydrogen) atoms. The predicted octanol–water partition coefficient (Wildman–Crippen LogP) is 2.69. The van der Waals surface area contributed by atoms with Crippen molar-refractivity contribution in [3.63, 3.8) is 0 Å². The van der Waals surface area contributed by atoms with Crippen LogP contribution in [0.3, 0.4) is 0 Å². The van der Waals surface area contributed by atoms with Gasteiger partial charge < -0.3 is 14.4 Å². The Labute approximate surface area is 137 Å². The van der Waals surface area contributed by atoms with Gasteiger partial charge in [-0.2, -0.15) is 0 Å². The molecule has 1 N–H and O–H groups in total. The van der Waals surface area contributed by atoms with Gasteiger partial charge in [0.1, 0.15) is 0 Å². The van der Waals surface area contributed by atoms with Crippen LogP contribution in [0, 0.1) is 0 Å². The fourth-order valence-corrected chi connectivity index (χ4v) is 2.54. The van der Waals surface area contributed by atoms with Crippen molar-refractivity contribution in [2.24, 2.45) is 0 Å². The standard InChI is InChI=1S/C16H26N4O3/c1-12(2)23-14-7-6-13(18-19-14)17-15(21)20-10-5-8-16(3,22-4)9-11-20/h6-7,12H,5,8-11H2,1-4H3,(H,17,18,21)/t16-/m0/s1. The van der Waals surface area contributed by atoms with E-state index in [2.05, 4.69) is 22.4 Å². The molecule has 1 aromatic heterocycles. The van der Waals surface area contributed by atoms with E-state index in [1.165, 1.54) is 0 Å². The summed E-state index contributed by atoms with van der Waals surface area (Å²) >= 11 is 0. The lowest BCUT2D eigenvalue weighted by molar-refractivity contribution is -0.00492. The van der Waals surface area contributed by atoms with Crippen LogP contribution in [0.15, 0.2) is 12.1 Å². The van der Waals surface area contributed by atoms with Crippen LogP contribution in [0.1, 0.15) is 40.0 Å². The average molecular weight is 322 g/mol. The van der Waals surface area contributed by atoms with E-state index in [1.807, 2.05) is 13.8 Å². The number of amides is 2. The van der Waals surface area contributed by atoms with Crippen molar-refractivity contribution in [3.8, 4) is 5.88 Å². The first-order chi connectivity index (χ1) is 10.9. The summed E-state index contributed by atoms with van der Waals surface area (Å²) in [5.41, 5.74) is -0.148. The van der Waals surface area contributed by atoms with Crippen molar-refractivity contribution >= 4 is 11.8 Å². The van der Waals surface area contributed by atoms with Crippen molar-refractivity contribution < 1.29 is 14.3 Å². The quantitative estimate of drug-likeness (QED) is 0.922. The van der Waals surface area contributed by atoms with E-state index in [9.17, 15) is 4.79 Å². The third kappa shape index (κ3) is 5.06. The average Bonchev–Trinajstić information content (AvgIpc) is 2.71. The summed E-state index contributed by atoms with van der Waals surface area (Å²) < 4.78 is 11.0. The molecule has 0 spiro atoms. The summed E-state index contributed by atoms with van der Waals surface area (Å²) in [6.07, 6.45) is 2.74. The molecule has 0 unspecified atom stereocenters. The maximum atomic E-state index is 12.4. The molecule has 7 nitrogen and oxygen atoms in total. The molecule has 1 fully saturated rings. The molecule has 0 aliphatic carbocycles. The number of methoxy groups -OCH3 is 1. The first-order valence-corrected chi connectivity index (χ1v) is 8.03. The predicted molar refractivity (Wildman–Crippen MR) is 87.7 cm³/mol. The number of carbonyl (C=O) groups excluding carboxylic acids is 1. The molecule has 2 rings (SSSR count). The van der Waals surface area contributed by atoms with Gasteiger partial charge in [0.05, 0.1) is 11.7 Å². The molecule has 1 saturated heterocycles. The zero-order valence-corrected chi connectivity index (χ0v) is 14.3. The lowest BCUT2D eigenvalue weighted by Gasteiger charge is -2.26. The molecule has 1 atom stereocenters. The zero-order valence-electron chi connectivity index (χ0n) is 14.3. The van der Waals surface area contributed by atoms with Crippen molar-refractivity contribution in [3.05, 3.63) is 12.1 Å². The van der Waals surface area contributed by atoms with Gasteiger partial charge in [-0.1, -0.05) is 0 Å². The van der Waals surface area contributed by atoms with E-state index in [4.69, 9.17) is 9.47 Å². The highest BCUT2D eigenvalue weighted by Crippen LogP contribution is 2.25. The van der Waals surface area contributed by atoms with E-state index in [0.29, 0.717) is 24.8 Å². The summed E-state index contributed by atoms with van der Waals surface area (Å²) in [6.45, 7) is 7.31. The van der Waals surface area contributed by atoms with E-state index >= 15 is 0 Å². The Hall–Kier alpha value is -1.89. The Bertz CT molecular complexity index is 521. The third-order valence-corrected chi connectivity index (χ3v) is 4.06. The van der Waals surface area contributed by atoms with Gasteiger partial charge in [0.15, 0.2) is 5.82 Å². The SMILES string of the molecule is CO[C@@]1(C)CCCN(C(=O)Nc2ccc(OC(C)C)nn2)CC1. The van der Waals surface area contributed by atoms with Gasteiger partial charge >= 0.3 is 6.03 Å². The molecule has 0 radical (unpaired) electrons. The lowest BCUT2D eigenvalue weighted by Crippen LogP contribution is -2.37. The van der Waals surface area contributed by atoms with E-state index in [1.54, 1.807) is 24.1 Å². The highest BCUT2D eigenvalue weighted by molar-refractivity contribution is 5.88. The fraction of sp³-hybridized carbons (Fsp3) is 0.688. The summed E-state index contributed by atoms with van der Waals surface area (Å²) in [7, 11) is 1.73. The molecule has 2 heterocycles. The highest BCUT2D eigenvalue weighted by atomic mass is 16.5. The summed E-state index contributed by atoms with van der Waals surface area (Å²) in [5, 5.41) is 10.7. The van der Waals surface area contributed by atoms with Gasteiger partial charge in [-0.25, -0.2) is 4.79 Å². The van der Waals surface area contributed by atoms with Crippen molar-refractivity contribution in [2.45, 2.75) is 51.7 Å². The number of rotatable bonds is 4. The van der Waals surface area contributed by atoms with Gasteiger partial charge in [0.2, 0.25) is 5.88 Å². The third-order valence-electron chi connectivity index (χ3n) is 4.06. The van der Waals surface area contributed by atoms with Crippen LogP contribution < -0.4 is 10.1 Å². The topological polar surface area (TPSA) is 76.6 Å². The summed E-state index contributed by atoms with van der Waals surface area (Å²) in [5.74, 6) is 0.869. The van der Waals surface area contributed by atoms with E-state index in [-0.39, 0.29) is 17.7 Å². The number of nitrogens with zero attached hydrogens (tertiary/aromatic N) is 3. The van der Waals surface area contributed by atoms with Gasteiger partial charge in [-0.3, -0.25) is 5.32 Å². The molecule has 7 heteroatoms. The van der Waals surface area contributed by atoms with Crippen LogP contribution in [-0.2, 0) is 4.74 Å². The smallest absolute Gasteiger partial charge is 0.323 e. The molecule has 1 aliphatic heterocycles. The molecular weight excluding hydrogens is 296 g/mol. The zero-order chi connectivity index (χ0) is 16.9. The fourth-order valence-electron chi connectivity index (χ4n) is 2.54. The van der Waals surface area contributed by atoms with E-state index in [0.717, 1.165) is 19.3 Å². The van der Waals surface area contributed by atoms with Crippen LogP contribution in [0.25, 0.3) is 0 Å². The number of aromatic nitrogens is 2. The first kappa shape index (κ1) is 17.5. The summed E-state index contributed by atoms with van der Waals surface area (Å²) in [6, 6.07) is 3.24. The van der Waals surface area contributed by atoms with Crippen molar-refractivity contribution in [1.82, 2.24) is 15.1 Å². The van der Waals surface area contributed by atoms with Crippen LogP contribution >= 0.6 is 0 Å². The molecule has 1 aliphatic rings. The van der Waals surface area contributed by atoms with Gasteiger partial charge in [-0.05, 0) is 46.1 Å². The van der Waals surface area contributed by atoms with E-state index < -0.39 is 0 Å². The molecule has 2 amide bonds. The molecule has 1 aromatic rings. The largest absolute Gasteiger partial charge is 0.474 e. The van der Waals surface area contributed by atoms with Crippen molar-refractivity contribution in [2.75, 3.05) is 25.5 Å². The number of hydrogen-bond donors (Lipinski definition) is 1. The van der Waals surface area contributed by atoms with Crippen LogP contribution in [0.5, 0.6) is 5.88 Å². The van der Waals surface area contributed by atoms with Gasteiger partial charge in [-0.15, -0.1) is 10.2 Å². The molecule has 0 bridgehead atoms. The summed E-state index contributed by atoms with van der Waals surface area (Å²) in [4.78, 5) is 14.2. The maximum Gasteiger partial charge on any atom is 0.323 e. The Balaban J connectivity index is 1.91. The van der Waals surface area contributed by atoms with Crippen LogP contribution in [0.4, 0.5) is 10.6 Å². The second-order valence-corrected chi connectivity index (χ2v) is 6.35. The Morgan fingerprint density at radius 1 is 1.30 bits per heavy atom. The second kappa shape index (κ2) is 7.59. The number of hydrogen-bond acceptors (Lipinski definition) is 5. The maximum absolute atomic E-state index is 12.4. The highest BCUT2D eigenvalue weighted by Gasteiger charge is 2.29. The molecule has 0 aromatic carbocycles. The minimum absolute atomic E-state index is 0.0388. The second-order valence-electron chi connectivity index (χ2n) is 6.35. The van der Waals surface area contributed by atoms with Crippen molar-refractivity contribution in [1.29, 1.82) is 0 Å². The number of urea groups is 1. The number of carbonyl (C=O) groups is 1. The normalized spacial score (nSPS) is 21.9. The Morgan fingerprint density at radius 3 is 2.70 bits per heavy atom. The Morgan fingerprint density at radius 2 is 2.09 bits per heavy atom. The number of anilines is 1. The minimum atomic E-state index is -0.155. The van der Waals surface area contributed by atoms with Gasteiger partial charge in [0.25, 0.3) is 0 Å². The molecular formula is C16H26N4O3. The molecule has 0 saturated carbocycles. The molecule has 128 valence electrons.